The molecule has 0 unspecified atom stereocenters. The molecule has 2 amide bonds. The molecule has 3 atom stereocenters. The van der Waals surface area contributed by atoms with Crippen LogP contribution in [0.5, 0.6) is 0 Å². The minimum absolute atomic E-state index is 0.0538. The van der Waals surface area contributed by atoms with E-state index in [4.69, 9.17) is 0 Å². The number of aryl methyl sites for hydroxylation is 1. The second-order valence-electron chi connectivity index (χ2n) is 7.62. The number of anilines is 1. The van der Waals surface area contributed by atoms with Crippen LogP contribution in [0, 0.1) is 12.8 Å². The summed E-state index contributed by atoms with van der Waals surface area (Å²) in [5.41, 5.74) is 1.78. The molecule has 1 aromatic carbocycles. The third-order valence-corrected chi connectivity index (χ3v) is 7.02. The zero-order valence-corrected chi connectivity index (χ0v) is 16.0. The van der Waals surface area contributed by atoms with Crippen LogP contribution in [0.4, 0.5) is 5.69 Å². The fraction of sp³-hybridized carbons (Fsp3) is 0.450. The van der Waals surface area contributed by atoms with Gasteiger partial charge in [0.1, 0.15) is 5.54 Å². The molecule has 5 rings (SSSR count). The second kappa shape index (κ2) is 6.14. The number of para-hydroxylation sites is 1. The predicted octanol–water partition coefficient (Wildman–Crippen LogP) is 2.40. The van der Waals surface area contributed by atoms with E-state index in [2.05, 4.69) is 20.5 Å². The number of thiazole rings is 1. The highest BCUT2D eigenvalue weighted by Crippen LogP contribution is 2.55. The number of rotatable bonds is 3. The van der Waals surface area contributed by atoms with Crippen molar-refractivity contribution in [1.29, 1.82) is 0 Å². The molecule has 4 heterocycles. The number of nitrogens with one attached hydrogen (secondary N) is 2. The Balaban J connectivity index is 1.50. The lowest BCUT2D eigenvalue weighted by Crippen LogP contribution is -2.54. The minimum atomic E-state index is -0.875. The van der Waals surface area contributed by atoms with E-state index in [0.29, 0.717) is 12.6 Å². The zero-order chi connectivity index (χ0) is 18.6. The van der Waals surface area contributed by atoms with Crippen molar-refractivity contribution in [3.05, 3.63) is 45.9 Å². The zero-order valence-electron chi connectivity index (χ0n) is 15.2. The Labute approximate surface area is 162 Å². The number of carbonyl (C=O) groups is 2. The molecule has 6 nitrogen and oxygen atoms in total. The van der Waals surface area contributed by atoms with Gasteiger partial charge in [0.2, 0.25) is 11.8 Å². The standard InChI is InChI=1S/C20H22N4O2S/c1-12-22-13(11-27-12)10-21-18(25)16-9-14-5-4-8-24(14)20(16)15-6-2-3-7-17(15)23-19(20)26/h2-3,6-7,11,14,16H,4-5,8-10H2,1H3,(H,21,25)(H,23,26)/t14-,16-,20+/m1/s1. The molecule has 2 saturated heterocycles. The average Bonchev–Trinajstić information content (AvgIpc) is 3.39. The van der Waals surface area contributed by atoms with E-state index >= 15 is 0 Å². The Morgan fingerprint density at radius 3 is 3.11 bits per heavy atom. The lowest BCUT2D eigenvalue weighted by Gasteiger charge is -2.36. The molecule has 140 valence electrons. The van der Waals surface area contributed by atoms with Crippen LogP contribution < -0.4 is 10.6 Å². The lowest BCUT2D eigenvalue weighted by molar-refractivity contribution is -0.137. The van der Waals surface area contributed by atoms with E-state index in [0.717, 1.165) is 47.8 Å². The number of hydrogen-bond donors (Lipinski definition) is 2. The molecular weight excluding hydrogens is 360 g/mol. The molecule has 1 aromatic heterocycles. The summed E-state index contributed by atoms with van der Waals surface area (Å²) < 4.78 is 0. The molecule has 0 bridgehead atoms. The van der Waals surface area contributed by atoms with Gasteiger partial charge in [0.15, 0.2) is 0 Å². The van der Waals surface area contributed by atoms with Crippen LogP contribution >= 0.6 is 11.3 Å². The van der Waals surface area contributed by atoms with Gasteiger partial charge in [-0.05, 0) is 38.8 Å². The van der Waals surface area contributed by atoms with Crippen LogP contribution in [0.2, 0.25) is 0 Å². The number of aromatic nitrogens is 1. The van der Waals surface area contributed by atoms with E-state index in [9.17, 15) is 9.59 Å². The summed E-state index contributed by atoms with van der Waals surface area (Å²) in [6, 6.07) is 8.10. The molecule has 2 N–H and O–H groups in total. The van der Waals surface area contributed by atoms with Crippen molar-refractivity contribution in [1.82, 2.24) is 15.2 Å². The van der Waals surface area contributed by atoms with Crippen molar-refractivity contribution in [2.45, 2.75) is 44.3 Å². The summed E-state index contributed by atoms with van der Waals surface area (Å²) in [5, 5.41) is 9.03. The molecule has 27 heavy (non-hydrogen) atoms. The molecule has 2 fully saturated rings. The molecular formula is C20H22N4O2S. The maximum absolute atomic E-state index is 13.2. The van der Waals surface area contributed by atoms with Gasteiger partial charge in [0.25, 0.3) is 0 Å². The number of nitrogens with zero attached hydrogens (tertiary/aromatic N) is 2. The topological polar surface area (TPSA) is 74.3 Å². The van der Waals surface area contributed by atoms with Gasteiger partial charge in [0.05, 0.1) is 23.2 Å². The lowest BCUT2D eigenvalue weighted by atomic mass is 9.78. The normalized spacial score (nSPS) is 29.0. The first kappa shape index (κ1) is 16.9. The molecule has 3 aliphatic heterocycles. The van der Waals surface area contributed by atoms with Gasteiger partial charge in [-0.3, -0.25) is 14.5 Å². The van der Waals surface area contributed by atoms with Gasteiger partial charge < -0.3 is 10.6 Å². The van der Waals surface area contributed by atoms with Crippen LogP contribution in [-0.2, 0) is 21.7 Å². The number of amides is 2. The average molecular weight is 382 g/mol. The van der Waals surface area contributed by atoms with Crippen molar-refractivity contribution in [2.75, 3.05) is 11.9 Å². The Hall–Kier alpha value is -2.25. The van der Waals surface area contributed by atoms with Crippen molar-refractivity contribution < 1.29 is 9.59 Å². The van der Waals surface area contributed by atoms with Crippen LogP contribution in [0.25, 0.3) is 0 Å². The molecule has 0 saturated carbocycles. The highest BCUT2D eigenvalue weighted by molar-refractivity contribution is 7.09. The fourth-order valence-corrected chi connectivity index (χ4v) is 5.78. The van der Waals surface area contributed by atoms with Crippen LogP contribution in [-0.4, -0.2) is 34.3 Å². The van der Waals surface area contributed by atoms with E-state index in [1.54, 1.807) is 11.3 Å². The summed E-state index contributed by atoms with van der Waals surface area (Å²) in [6.07, 6.45) is 2.85. The largest absolute Gasteiger partial charge is 0.350 e. The number of fused-ring (bicyclic) bond motifs is 4. The first-order valence-electron chi connectivity index (χ1n) is 9.47. The van der Waals surface area contributed by atoms with Gasteiger partial charge in [-0.25, -0.2) is 4.98 Å². The smallest absolute Gasteiger partial charge is 0.250 e. The van der Waals surface area contributed by atoms with Crippen molar-refractivity contribution >= 4 is 28.8 Å². The molecule has 1 spiro atoms. The maximum Gasteiger partial charge on any atom is 0.250 e. The summed E-state index contributed by atoms with van der Waals surface area (Å²) in [5.74, 6) is -0.495. The molecule has 3 aliphatic rings. The monoisotopic (exact) mass is 382 g/mol. The van der Waals surface area contributed by atoms with E-state index < -0.39 is 5.54 Å². The third-order valence-electron chi connectivity index (χ3n) is 6.20. The van der Waals surface area contributed by atoms with Crippen LogP contribution in [0.1, 0.15) is 35.5 Å². The van der Waals surface area contributed by atoms with Gasteiger partial charge >= 0.3 is 0 Å². The Morgan fingerprint density at radius 2 is 2.30 bits per heavy atom. The molecule has 0 radical (unpaired) electrons. The number of carbonyl (C=O) groups excluding carboxylic acids is 2. The highest BCUT2D eigenvalue weighted by atomic mass is 32.1. The van der Waals surface area contributed by atoms with Gasteiger partial charge in [-0.15, -0.1) is 11.3 Å². The van der Waals surface area contributed by atoms with Crippen molar-refractivity contribution in [3.8, 4) is 0 Å². The first-order valence-corrected chi connectivity index (χ1v) is 10.3. The van der Waals surface area contributed by atoms with E-state index in [-0.39, 0.29) is 17.7 Å². The predicted molar refractivity (Wildman–Crippen MR) is 103 cm³/mol. The second-order valence-corrected chi connectivity index (χ2v) is 8.68. The van der Waals surface area contributed by atoms with Gasteiger partial charge in [0, 0.05) is 22.7 Å². The van der Waals surface area contributed by atoms with Crippen LogP contribution in [0.3, 0.4) is 0 Å². The van der Waals surface area contributed by atoms with E-state index in [1.807, 2.05) is 36.6 Å². The Morgan fingerprint density at radius 1 is 1.44 bits per heavy atom. The van der Waals surface area contributed by atoms with Crippen molar-refractivity contribution in [3.63, 3.8) is 0 Å². The summed E-state index contributed by atoms with van der Waals surface area (Å²) in [6.45, 7) is 3.22. The van der Waals surface area contributed by atoms with Gasteiger partial charge in [-0.2, -0.15) is 0 Å². The molecule has 0 aliphatic carbocycles. The highest BCUT2D eigenvalue weighted by Gasteiger charge is 2.65. The minimum Gasteiger partial charge on any atom is -0.350 e. The number of hydrogen-bond acceptors (Lipinski definition) is 5. The van der Waals surface area contributed by atoms with Crippen molar-refractivity contribution in [2.24, 2.45) is 5.92 Å². The Bertz CT molecular complexity index is 926. The van der Waals surface area contributed by atoms with Crippen LogP contribution in [0.15, 0.2) is 29.6 Å². The molecule has 2 aromatic rings. The molecule has 7 heteroatoms. The van der Waals surface area contributed by atoms with Gasteiger partial charge in [-0.1, -0.05) is 18.2 Å². The fourth-order valence-electron chi connectivity index (χ4n) is 5.17. The summed E-state index contributed by atoms with van der Waals surface area (Å²) >= 11 is 1.58. The first-order chi connectivity index (χ1) is 13.1. The summed E-state index contributed by atoms with van der Waals surface area (Å²) in [7, 11) is 0. The SMILES string of the molecule is Cc1nc(CNC(=O)[C@H]2C[C@H]3CCCN3[C@]23C(=O)Nc2ccccc23)cs1. The maximum atomic E-state index is 13.2. The number of benzene rings is 1. The Kier molecular flexibility index (Phi) is 3.84. The third kappa shape index (κ3) is 2.38. The summed E-state index contributed by atoms with van der Waals surface area (Å²) in [4.78, 5) is 33.2. The van der Waals surface area contributed by atoms with E-state index in [1.165, 1.54) is 0 Å². The quantitative estimate of drug-likeness (QED) is 0.855.